The molecule has 0 unspecified atom stereocenters. The molecule has 0 amide bonds. The van der Waals surface area contributed by atoms with Crippen LogP contribution < -0.4 is 4.74 Å². The SMILES string of the molecule is CCCC(=O)c1cccc(OC)c1Cl. The average Bonchev–Trinajstić information content (AvgIpc) is 2.18. The van der Waals surface area contributed by atoms with Gasteiger partial charge in [0.1, 0.15) is 5.75 Å². The first-order valence-corrected chi connectivity index (χ1v) is 4.94. The summed E-state index contributed by atoms with van der Waals surface area (Å²) in [5.41, 5.74) is 0.549. The van der Waals surface area contributed by atoms with Crippen molar-refractivity contribution < 1.29 is 9.53 Å². The molecule has 76 valence electrons. The Hall–Kier alpha value is -1.02. The van der Waals surface area contributed by atoms with Crippen LogP contribution in [0.1, 0.15) is 30.1 Å². The standard InChI is InChI=1S/C11H13ClO2/c1-3-5-9(13)8-6-4-7-10(14-2)11(8)12/h4,6-7H,3,5H2,1-2H3. The lowest BCUT2D eigenvalue weighted by Gasteiger charge is -2.06. The number of Topliss-reactive ketones (excluding diaryl/α,β-unsaturated/α-hetero) is 1. The van der Waals surface area contributed by atoms with Crippen LogP contribution in [0.15, 0.2) is 18.2 Å². The molecule has 0 aliphatic rings. The molecule has 0 saturated carbocycles. The second-order valence-electron chi connectivity index (χ2n) is 2.99. The number of carbonyl (C=O) groups is 1. The quantitative estimate of drug-likeness (QED) is 0.716. The summed E-state index contributed by atoms with van der Waals surface area (Å²) in [6, 6.07) is 5.24. The van der Waals surface area contributed by atoms with E-state index < -0.39 is 0 Å². The second-order valence-corrected chi connectivity index (χ2v) is 3.37. The van der Waals surface area contributed by atoms with E-state index in [-0.39, 0.29) is 5.78 Å². The number of methoxy groups -OCH3 is 1. The Morgan fingerprint density at radius 1 is 1.50 bits per heavy atom. The zero-order chi connectivity index (χ0) is 10.6. The molecule has 14 heavy (non-hydrogen) atoms. The maximum atomic E-state index is 11.6. The van der Waals surface area contributed by atoms with Gasteiger partial charge in [-0.2, -0.15) is 0 Å². The molecule has 0 N–H and O–H groups in total. The van der Waals surface area contributed by atoms with Crippen LogP contribution in [-0.2, 0) is 0 Å². The van der Waals surface area contributed by atoms with Crippen molar-refractivity contribution in [2.24, 2.45) is 0 Å². The summed E-state index contributed by atoms with van der Waals surface area (Å²) in [5.74, 6) is 0.616. The zero-order valence-electron chi connectivity index (χ0n) is 8.34. The molecule has 0 atom stereocenters. The van der Waals surface area contributed by atoms with Crippen molar-refractivity contribution in [3.63, 3.8) is 0 Å². The summed E-state index contributed by atoms with van der Waals surface area (Å²) in [6.07, 6.45) is 1.35. The Labute approximate surface area is 88.8 Å². The van der Waals surface area contributed by atoms with Gasteiger partial charge in [0, 0.05) is 12.0 Å². The highest BCUT2D eigenvalue weighted by Gasteiger charge is 2.12. The van der Waals surface area contributed by atoms with E-state index in [9.17, 15) is 4.79 Å². The fourth-order valence-electron chi connectivity index (χ4n) is 1.25. The Morgan fingerprint density at radius 2 is 2.21 bits per heavy atom. The minimum atomic E-state index is 0.0661. The minimum absolute atomic E-state index is 0.0661. The van der Waals surface area contributed by atoms with E-state index in [1.807, 2.05) is 6.92 Å². The first-order valence-electron chi connectivity index (χ1n) is 4.56. The highest BCUT2D eigenvalue weighted by atomic mass is 35.5. The van der Waals surface area contributed by atoms with Crippen molar-refractivity contribution in [1.82, 2.24) is 0 Å². The lowest BCUT2D eigenvalue weighted by molar-refractivity contribution is 0.0981. The second kappa shape index (κ2) is 5.01. The summed E-state index contributed by atoms with van der Waals surface area (Å²) in [4.78, 5) is 11.6. The first-order chi connectivity index (χ1) is 6.70. The van der Waals surface area contributed by atoms with E-state index in [2.05, 4.69) is 0 Å². The van der Waals surface area contributed by atoms with E-state index >= 15 is 0 Å². The van der Waals surface area contributed by atoms with Gasteiger partial charge in [-0.05, 0) is 18.6 Å². The molecule has 0 aromatic heterocycles. The van der Waals surface area contributed by atoms with E-state index in [1.165, 1.54) is 7.11 Å². The molecular formula is C11H13ClO2. The molecule has 1 aromatic carbocycles. The van der Waals surface area contributed by atoms with Gasteiger partial charge in [-0.3, -0.25) is 4.79 Å². The summed E-state index contributed by atoms with van der Waals surface area (Å²) in [6.45, 7) is 1.96. The van der Waals surface area contributed by atoms with Gasteiger partial charge in [-0.25, -0.2) is 0 Å². The van der Waals surface area contributed by atoms with Crippen molar-refractivity contribution in [2.75, 3.05) is 7.11 Å². The number of benzene rings is 1. The molecule has 0 saturated heterocycles. The van der Waals surface area contributed by atoms with Crippen LogP contribution in [0, 0.1) is 0 Å². The Balaban J connectivity index is 3.03. The molecule has 0 spiro atoms. The third kappa shape index (κ3) is 2.26. The molecule has 3 heteroatoms. The highest BCUT2D eigenvalue weighted by molar-refractivity contribution is 6.35. The Morgan fingerprint density at radius 3 is 2.79 bits per heavy atom. The van der Waals surface area contributed by atoms with Crippen molar-refractivity contribution >= 4 is 17.4 Å². The van der Waals surface area contributed by atoms with Crippen molar-refractivity contribution in [1.29, 1.82) is 0 Å². The predicted molar refractivity (Wildman–Crippen MR) is 57.2 cm³/mol. The summed E-state index contributed by atoms with van der Waals surface area (Å²) in [5, 5.41) is 0.411. The normalized spacial score (nSPS) is 9.93. The van der Waals surface area contributed by atoms with Gasteiger partial charge in [0.05, 0.1) is 12.1 Å². The zero-order valence-corrected chi connectivity index (χ0v) is 9.10. The lowest BCUT2D eigenvalue weighted by Crippen LogP contribution is -2.00. The molecule has 0 aliphatic carbocycles. The maximum Gasteiger partial charge on any atom is 0.164 e. The highest BCUT2D eigenvalue weighted by Crippen LogP contribution is 2.28. The fraction of sp³-hybridized carbons (Fsp3) is 0.364. The number of carbonyl (C=O) groups excluding carboxylic acids is 1. The molecule has 0 radical (unpaired) electrons. The average molecular weight is 213 g/mol. The van der Waals surface area contributed by atoms with Crippen molar-refractivity contribution in [2.45, 2.75) is 19.8 Å². The van der Waals surface area contributed by atoms with Gasteiger partial charge in [0.15, 0.2) is 5.78 Å². The molecule has 0 aliphatic heterocycles. The summed E-state index contributed by atoms with van der Waals surface area (Å²) in [7, 11) is 1.54. The maximum absolute atomic E-state index is 11.6. The number of hydrogen-bond donors (Lipinski definition) is 0. The van der Waals surface area contributed by atoms with E-state index in [0.717, 1.165) is 6.42 Å². The molecule has 1 aromatic rings. The van der Waals surface area contributed by atoms with Crippen LogP contribution in [0.25, 0.3) is 0 Å². The molecule has 0 fully saturated rings. The molecule has 2 nitrogen and oxygen atoms in total. The van der Waals surface area contributed by atoms with Gasteiger partial charge in [0.2, 0.25) is 0 Å². The fourth-order valence-corrected chi connectivity index (χ4v) is 1.55. The van der Waals surface area contributed by atoms with Gasteiger partial charge in [-0.15, -0.1) is 0 Å². The first kappa shape index (κ1) is 11.1. The number of ether oxygens (including phenoxy) is 1. The molecule has 1 rings (SSSR count). The van der Waals surface area contributed by atoms with E-state index in [4.69, 9.17) is 16.3 Å². The largest absolute Gasteiger partial charge is 0.495 e. The number of ketones is 1. The van der Waals surface area contributed by atoms with Crippen LogP contribution >= 0.6 is 11.6 Å². The minimum Gasteiger partial charge on any atom is -0.495 e. The third-order valence-corrected chi connectivity index (χ3v) is 2.35. The van der Waals surface area contributed by atoms with Crippen LogP contribution in [0.4, 0.5) is 0 Å². The van der Waals surface area contributed by atoms with Gasteiger partial charge >= 0.3 is 0 Å². The Kier molecular flexibility index (Phi) is 3.96. The topological polar surface area (TPSA) is 26.3 Å². The number of hydrogen-bond acceptors (Lipinski definition) is 2. The van der Waals surface area contributed by atoms with E-state index in [0.29, 0.717) is 22.8 Å². The van der Waals surface area contributed by atoms with Crippen LogP contribution in [0.2, 0.25) is 5.02 Å². The van der Waals surface area contributed by atoms with Gasteiger partial charge in [-0.1, -0.05) is 24.6 Å². The monoisotopic (exact) mass is 212 g/mol. The van der Waals surface area contributed by atoms with Crippen molar-refractivity contribution in [3.05, 3.63) is 28.8 Å². The molecule has 0 heterocycles. The summed E-state index contributed by atoms with van der Waals surface area (Å²) < 4.78 is 5.03. The Bertz CT molecular complexity index is 334. The van der Waals surface area contributed by atoms with E-state index in [1.54, 1.807) is 18.2 Å². The van der Waals surface area contributed by atoms with Gasteiger partial charge < -0.3 is 4.74 Å². The van der Waals surface area contributed by atoms with Crippen LogP contribution in [0.3, 0.4) is 0 Å². The smallest absolute Gasteiger partial charge is 0.164 e. The number of rotatable bonds is 4. The molecule has 0 bridgehead atoms. The predicted octanol–water partition coefficient (Wildman–Crippen LogP) is 3.33. The molecular weight excluding hydrogens is 200 g/mol. The third-order valence-electron chi connectivity index (χ3n) is 1.96. The van der Waals surface area contributed by atoms with Gasteiger partial charge in [0.25, 0.3) is 0 Å². The van der Waals surface area contributed by atoms with Crippen LogP contribution in [-0.4, -0.2) is 12.9 Å². The summed E-state index contributed by atoms with van der Waals surface area (Å²) >= 11 is 5.99. The lowest BCUT2D eigenvalue weighted by atomic mass is 10.1. The van der Waals surface area contributed by atoms with Crippen LogP contribution in [0.5, 0.6) is 5.75 Å². The van der Waals surface area contributed by atoms with Crippen molar-refractivity contribution in [3.8, 4) is 5.75 Å². The number of halogens is 1.